The molecule has 0 fully saturated rings. The third kappa shape index (κ3) is 3.52. The smallest absolute Gasteiger partial charge is 0.267 e. The summed E-state index contributed by atoms with van der Waals surface area (Å²) in [6.45, 7) is 0.519. The van der Waals surface area contributed by atoms with E-state index in [1.54, 1.807) is 30.1 Å². The number of benzene rings is 1. The number of nitrogens with zero attached hydrogens (tertiary/aromatic N) is 3. The van der Waals surface area contributed by atoms with Crippen LogP contribution in [0.4, 0.5) is 5.69 Å². The molecule has 7 heteroatoms. The Hall–Kier alpha value is -3.35. The summed E-state index contributed by atoms with van der Waals surface area (Å²) in [7, 11) is 1.63. The fraction of sp³-hybridized carbons (Fsp3) is 0.118. The van der Waals surface area contributed by atoms with Crippen LogP contribution in [0.2, 0.25) is 0 Å². The number of nitrogens with two attached hydrogens (primary N) is 1. The van der Waals surface area contributed by atoms with Crippen LogP contribution in [0.15, 0.2) is 54.9 Å². The Labute approximate surface area is 139 Å². The first-order valence-corrected chi connectivity index (χ1v) is 7.34. The van der Waals surface area contributed by atoms with Gasteiger partial charge in [0, 0.05) is 18.1 Å². The molecule has 0 saturated heterocycles. The second-order valence-electron chi connectivity index (χ2n) is 5.10. The zero-order valence-corrected chi connectivity index (χ0v) is 13.1. The number of nitrogens with one attached hydrogen (secondary N) is 1. The van der Waals surface area contributed by atoms with Crippen molar-refractivity contribution in [2.45, 2.75) is 6.54 Å². The second kappa shape index (κ2) is 6.82. The topological polar surface area (TPSA) is 95.1 Å². The Balaban J connectivity index is 1.67. The first-order valence-electron chi connectivity index (χ1n) is 7.34. The number of methoxy groups -OCH3 is 1. The van der Waals surface area contributed by atoms with Crippen molar-refractivity contribution in [1.82, 2.24) is 14.8 Å². The Morgan fingerprint density at radius 1 is 1.25 bits per heavy atom. The maximum Gasteiger partial charge on any atom is 0.267 e. The van der Waals surface area contributed by atoms with Crippen molar-refractivity contribution >= 4 is 11.6 Å². The van der Waals surface area contributed by atoms with Crippen LogP contribution in [-0.2, 0) is 6.54 Å². The summed E-state index contributed by atoms with van der Waals surface area (Å²) in [6, 6.07) is 13.0. The van der Waals surface area contributed by atoms with E-state index in [4.69, 9.17) is 10.5 Å². The number of ether oxygens (including phenoxy) is 1. The van der Waals surface area contributed by atoms with E-state index in [2.05, 4.69) is 15.4 Å². The average molecular weight is 323 g/mol. The molecule has 2 heterocycles. The van der Waals surface area contributed by atoms with Gasteiger partial charge in [0.2, 0.25) is 0 Å². The third-order valence-corrected chi connectivity index (χ3v) is 3.47. The van der Waals surface area contributed by atoms with Crippen molar-refractivity contribution in [3.63, 3.8) is 0 Å². The van der Waals surface area contributed by atoms with Gasteiger partial charge >= 0.3 is 0 Å². The molecule has 24 heavy (non-hydrogen) atoms. The van der Waals surface area contributed by atoms with Crippen molar-refractivity contribution in [2.24, 2.45) is 5.73 Å². The normalized spacial score (nSPS) is 10.4. The minimum atomic E-state index is -0.553. The molecule has 0 bridgehead atoms. The highest BCUT2D eigenvalue weighted by atomic mass is 16.5. The van der Waals surface area contributed by atoms with Gasteiger partial charge in [0.15, 0.2) is 0 Å². The highest BCUT2D eigenvalue weighted by Gasteiger charge is 2.05. The summed E-state index contributed by atoms with van der Waals surface area (Å²) in [6.07, 6.45) is 3.43. The molecule has 0 atom stereocenters. The molecule has 0 saturated carbocycles. The molecular formula is C17H17N5O2. The molecular weight excluding hydrogens is 306 g/mol. The van der Waals surface area contributed by atoms with Crippen LogP contribution in [0, 0.1) is 0 Å². The zero-order valence-electron chi connectivity index (χ0n) is 13.1. The number of amides is 1. The van der Waals surface area contributed by atoms with Crippen molar-refractivity contribution < 1.29 is 9.53 Å². The van der Waals surface area contributed by atoms with E-state index in [-0.39, 0.29) is 5.69 Å². The van der Waals surface area contributed by atoms with Gasteiger partial charge in [-0.25, -0.2) is 4.68 Å². The molecule has 3 aromatic rings. The Bertz CT molecular complexity index is 842. The maximum absolute atomic E-state index is 11.1. The van der Waals surface area contributed by atoms with Gasteiger partial charge in [-0.3, -0.25) is 9.78 Å². The van der Waals surface area contributed by atoms with E-state index >= 15 is 0 Å². The molecule has 3 rings (SSSR count). The molecule has 2 aromatic heterocycles. The highest BCUT2D eigenvalue weighted by molar-refractivity contribution is 5.91. The summed E-state index contributed by atoms with van der Waals surface area (Å²) >= 11 is 0. The zero-order chi connectivity index (χ0) is 16.9. The lowest BCUT2D eigenvalue weighted by Gasteiger charge is -2.05. The highest BCUT2D eigenvalue weighted by Crippen LogP contribution is 2.15. The van der Waals surface area contributed by atoms with Crippen LogP contribution in [0.3, 0.4) is 0 Å². The fourth-order valence-electron chi connectivity index (χ4n) is 2.20. The molecule has 3 N–H and O–H groups in total. The Kier molecular flexibility index (Phi) is 4.42. The summed E-state index contributed by atoms with van der Waals surface area (Å²) in [4.78, 5) is 15.0. The van der Waals surface area contributed by atoms with E-state index < -0.39 is 5.91 Å². The molecule has 1 amide bonds. The number of primary amides is 1. The van der Waals surface area contributed by atoms with Gasteiger partial charge in [-0.1, -0.05) is 0 Å². The van der Waals surface area contributed by atoms with Gasteiger partial charge in [0.05, 0.1) is 25.0 Å². The minimum Gasteiger partial charge on any atom is -0.497 e. The summed E-state index contributed by atoms with van der Waals surface area (Å²) in [5, 5.41) is 7.71. The van der Waals surface area contributed by atoms with E-state index in [1.807, 2.05) is 36.5 Å². The third-order valence-electron chi connectivity index (χ3n) is 3.47. The number of rotatable bonds is 6. The van der Waals surface area contributed by atoms with Crippen LogP contribution in [0.25, 0.3) is 5.69 Å². The van der Waals surface area contributed by atoms with E-state index in [9.17, 15) is 4.79 Å². The SMILES string of the molecule is COc1ccc(-n2ccc(CNc3ccnc(C(N)=O)c3)n2)cc1. The summed E-state index contributed by atoms with van der Waals surface area (Å²) in [5.74, 6) is 0.248. The molecule has 7 nitrogen and oxygen atoms in total. The number of carbonyl (C=O) groups excluding carboxylic acids is 1. The second-order valence-corrected chi connectivity index (χ2v) is 5.10. The van der Waals surface area contributed by atoms with Crippen LogP contribution in [-0.4, -0.2) is 27.8 Å². The van der Waals surface area contributed by atoms with Crippen LogP contribution < -0.4 is 15.8 Å². The molecule has 0 aliphatic carbocycles. The predicted octanol–water partition coefficient (Wildman–Crippen LogP) is 1.99. The molecule has 0 aliphatic heterocycles. The van der Waals surface area contributed by atoms with Crippen molar-refractivity contribution in [3.05, 3.63) is 66.2 Å². The number of hydrogen-bond donors (Lipinski definition) is 2. The van der Waals surface area contributed by atoms with Crippen molar-refractivity contribution in [3.8, 4) is 11.4 Å². The monoisotopic (exact) mass is 323 g/mol. The number of pyridine rings is 1. The standard InChI is InChI=1S/C17H17N5O2/c1-24-15-4-2-14(3-5-15)22-9-7-13(21-22)11-20-12-6-8-19-16(10-12)17(18)23/h2-10H,11H2,1H3,(H2,18,23)(H,19,20). The number of carbonyl (C=O) groups is 1. The minimum absolute atomic E-state index is 0.226. The first kappa shape index (κ1) is 15.5. The maximum atomic E-state index is 11.1. The van der Waals surface area contributed by atoms with E-state index in [0.29, 0.717) is 6.54 Å². The lowest BCUT2D eigenvalue weighted by atomic mass is 10.3. The number of anilines is 1. The van der Waals surface area contributed by atoms with Crippen LogP contribution in [0.5, 0.6) is 5.75 Å². The molecule has 0 spiro atoms. The van der Waals surface area contributed by atoms with Gasteiger partial charge in [0.25, 0.3) is 5.91 Å². The lowest BCUT2D eigenvalue weighted by Crippen LogP contribution is -2.13. The molecule has 0 unspecified atom stereocenters. The van der Waals surface area contributed by atoms with Crippen LogP contribution in [0.1, 0.15) is 16.2 Å². The average Bonchev–Trinajstić information content (AvgIpc) is 3.09. The van der Waals surface area contributed by atoms with Gasteiger partial charge in [-0.15, -0.1) is 0 Å². The van der Waals surface area contributed by atoms with Gasteiger partial charge in [0.1, 0.15) is 11.4 Å². The van der Waals surface area contributed by atoms with Gasteiger partial charge in [-0.2, -0.15) is 5.10 Å². The summed E-state index contributed by atoms with van der Waals surface area (Å²) in [5.41, 5.74) is 8.02. The lowest BCUT2D eigenvalue weighted by molar-refractivity contribution is 0.0995. The van der Waals surface area contributed by atoms with E-state index in [1.165, 1.54) is 0 Å². The largest absolute Gasteiger partial charge is 0.497 e. The van der Waals surface area contributed by atoms with Crippen LogP contribution >= 0.6 is 0 Å². The van der Waals surface area contributed by atoms with Gasteiger partial charge in [-0.05, 0) is 42.5 Å². The first-order chi connectivity index (χ1) is 11.7. The van der Waals surface area contributed by atoms with Gasteiger partial charge < -0.3 is 15.8 Å². The molecule has 0 radical (unpaired) electrons. The molecule has 122 valence electrons. The predicted molar refractivity (Wildman–Crippen MR) is 90.2 cm³/mol. The fourth-order valence-corrected chi connectivity index (χ4v) is 2.20. The molecule has 0 aliphatic rings. The Morgan fingerprint density at radius 2 is 2.04 bits per heavy atom. The number of aromatic nitrogens is 3. The van der Waals surface area contributed by atoms with Crippen molar-refractivity contribution in [1.29, 1.82) is 0 Å². The van der Waals surface area contributed by atoms with E-state index in [0.717, 1.165) is 22.8 Å². The summed E-state index contributed by atoms with van der Waals surface area (Å²) < 4.78 is 6.94. The Morgan fingerprint density at radius 3 is 2.75 bits per heavy atom. The molecule has 1 aromatic carbocycles. The number of hydrogen-bond acceptors (Lipinski definition) is 5. The quantitative estimate of drug-likeness (QED) is 0.723. The van der Waals surface area contributed by atoms with Crippen molar-refractivity contribution in [2.75, 3.05) is 12.4 Å².